The van der Waals surface area contributed by atoms with Gasteiger partial charge in [0.1, 0.15) is 0 Å². The van der Waals surface area contributed by atoms with Crippen LogP contribution in [0.1, 0.15) is 23.6 Å². The van der Waals surface area contributed by atoms with Crippen LogP contribution in [0, 0.1) is 0 Å². The van der Waals surface area contributed by atoms with E-state index in [2.05, 4.69) is 0 Å². The topological polar surface area (TPSA) is 26.0 Å². The highest BCUT2D eigenvalue weighted by Gasteiger charge is 2.40. The van der Waals surface area contributed by atoms with Gasteiger partial charge in [0.15, 0.2) is 0 Å². The molecule has 0 fully saturated rings. The lowest BCUT2D eigenvalue weighted by atomic mass is 9.90. The van der Waals surface area contributed by atoms with E-state index >= 15 is 0 Å². The summed E-state index contributed by atoms with van der Waals surface area (Å²) in [6.45, 7) is 0.660. The fraction of sp³-hybridized carbons (Fsp3) is 0.455. The van der Waals surface area contributed by atoms with Gasteiger partial charge in [-0.15, -0.1) is 0 Å². The minimum atomic E-state index is -5.10. The van der Waals surface area contributed by atoms with Gasteiger partial charge in [-0.05, 0) is 30.7 Å². The molecule has 0 heterocycles. The molecule has 0 radical (unpaired) electrons. The molecule has 0 saturated heterocycles. The van der Waals surface area contributed by atoms with Gasteiger partial charge < -0.3 is 5.73 Å². The van der Waals surface area contributed by atoms with Crippen LogP contribution in [0.25, 0.3) is 0 Å². The van der Waals surface area contributed by atoms with E-state index in [0.717, 1.165) is 0 Å². The van der Waals surface area contributed by atoms with Crippen molar-refractivity contribution in [2.24, 2.45) is 5.73 Å². The third-order valence-corrected chi connectivity index (χ3v) is 2.66. The van der Waals surface area contributed by atoms with Gasteiger partial charge in [-0.1, -0.05) is 0 Å². The van der Waals surface area contributed by atoms with Crippen molar-refractivity contribution in [3.8, 4) is 0 Å². The Bertz CT molecular complexity index is 454. The lowest BCUT2D eigenvalue weighted by Gasteiger charge is -2.26. The molecule has 0 aliphatic heterocycles. The molecule has 1 aromatic carbocycles. The van der Waals surface area contributed by atoms with E-state index in [1.807, 2.05) is 0 Å². The van der Waals surface area contributed by atoms with Crippen LogP contribution in [0.3, 0.4) is 0 Å². The van der Waals surface area contributed by atoms with E-state index in [9.17, 15) is 35.1 Å². The maximum absolute atomic E-state index is 12.7. The number of nitrogens with two attached hydrogens (primary N) is 1. The maximum atomic E-state index is 12.7. The minimum Gasteiger partial charge on any atom is -0.317 e. The third kappa shape index (κ3) is 3.38. The van der Waals surface area contributed by atoms with Crippen molar-refractivity contribution >= 4 is 0 Å². The average Bonchev–Trinajstić information content (AvgIpc) is 2.25. The van der Waals surface area contributed by atoms with Crippen LogP contribution >= 0.6 is 0 Å². The number of hydrogen-bond donors (Lipinski definition) is 1. The zero-order valence-corrected chi connectivity index (χ0v) is 9.91. The molecule has 1 aromatic rings. The summed E-state index contributed by atoms with van der Waals surface area (Å²) >= 11 is 0. The van der Waals surface area contributed by atoms with Gasteiger partial charge in [0.25, 0.3) is 6.43 Å². The van der Waals surface area contributed by atoms with Gasteiger partial charge in [0.2, 0.25) is 0 Å². The number of halogens is 8. The molecule has 1 nitrogen and oxygen atoms in total. The van der Waals surface area contributed by atoms with Crippen molar-refractivity contribution in [2.45, 2.75) is 31.2 Å². The Hall–Kier alpha value is -1.38. The van der Waals surface area contributed by atoms with Gasteiger partial charge >= 0.3 is 12.4 Å². The first-order chi connectivity index (χ1) is 8.76. The van der Waals surface area contributed by atoms with Gasteiger partial charge in [-0.25, -0.2) is 8.78 Å². The predicted molar refractivity (Wildman–Crippen MR) is 54.0 cm³/mol. The Labute approximate surface area is 108 Å². The van der Waals surface area contributed by atoms with E-state index in [-0.39, 0.29) is 18.2 Å². The first kappa shape index (κ1) is 16.7. The SMILES string of the molecule is CC(N)(c1cc(C(F)(F)F)cc(C(F)(F)F)c1)C(F)F. The van der Waals surface area contributed by atoms with Crippen LogP contribution < -0.4 is 5.73 Å². The summed E-state index contributed by atoms with van der Waals surface area (Å²) in [5.74, 6) is 0. The number of benzene rings is 1. The van der Waals surface area contributed by atoms with Crippen LogP contribution in [-0.4, -0.2) is 6.43 Å². The largest absolute Gasteiger partial charge is 0.416 e. The molecule has 9 heteroatoms. The van der Waals surface area contributed by atoms with Gasteiger partial charge in [0.05, 0.1) is 16.7 Å². The maximum Gasteiger partial charge on any atom is 0.416 e. The predicted octanol–water partition coefficient (Wildman–Crippen LogP) is 4.16. The Morgan fingerprint density at radius 2 is 1.10 bits per heavy atom. The zero-order chi connectivity index (χ0) is 15.9. The van der Waals surface area contributed by atoms with Crippen molar-refractivity contribution < 1.29 is 35.1 Å². The van der Waals surface area contributed by atoms with Gasteiger partial charge in [-0.3, -0.25) is 0 Å². The van der Waals surface area contributed by atoms with Crippen LogP contribution in [0.2, 0.25) is 0 Å². The first-order valence-electron chi connectivity index (χ1n) is 5.13. The second kappa shape index (κ2) is 4.87. The summed E-state index contributed by atoms with van der Waals surface area (Å²) in [7, 11) is 0. The highest BCUT2D eigenvalue weighted by Crippen LogP contribution is 2.39. The first-order valence-corrected chi connectivity index (χ1v) is 5.13. The zero-order valence-electron chi connectivity index (χ0n) is 9.91. The molecule has 0 spiro atoms. The monoisotopic (exact) mass is 307 g/mol. The minimum absolute atomic E-state index is 0.148. The Morgan fingerprint density at radius 1 is 0.800 bits per heavy atom. The van der Waals surface area contributed by atoms with Crippen molar-refractivity contribution in [1.29, 1.82) is 0 Å². The third-order valence-electron chi connectivity index (χ3n) is 2.66. The molecule has 0 aliphatic rings. The molecule has 0 amide bonds. The lowest BCUT2D eigenvalue weighted by molar-refractivity contribution is -0.143. The number of hydrogen-bond acceptors (Lipinski definition) is 1. The highest BCUT2D eigenvalue weighted by molar-refractivity contribution is 5.37. The molecule has 0 bridgehead atoms. The molecule has 0 saturated carbocycles. The second-order valence-electron chi connectivity index (χ2n) is 4.38. The number of alkyl halides is 8. The highest BCUT2D eigenvalue weighted by atomic mass is 19.4. The second-order valence-corrected chi connectivity index (χ2v) is 4.38. The molecule has 114 valence electrons. The quantitative estimate of drug-likeness (QED) is 0.816. The van der Waals surface area contributed by atoms with Crippen molar-refractivity contribution in [2.75, 3.05) is 0 Å². The molecule has 20 heavy (non-hydrogen) atoms. The van der Waals surface area contributed by atoms with Crippen molar-refractivity contribution in [3.63, 3.8) is 0 Å². The Balaban J connectivity index is 3.55. The summed E-state index contributed by atoms with van der Waals surface area (Å²) in [4.78, 5) is 0. The summed E-state index contributed by atoms with van der Waals surface area (Å²) in [5, 5.41) is 0. The van der Waals surface area contributed by atoms with Gasteiger partial charge in [-0.2, -0.15) is 26.3 Å². The molecule has 0 aliphatic carbocycles. The molecule has 0 aromatic heterocycles. The van der Waals surface area contributed by atoms with E-state index in [4.69, 9.17) is 5.73 Å². The average molecular weight is 307 g/mol. The van der Waals surface area contributed by atoms with Gasteiger partial charge in [0, 0.05) is 0 Å². The fourth-order valence-electron chi connectivity index (χ4n) is 1.39. The van der Waals surface area contributed by atoms with Crippen LogP contribution in [-0.2, 0) is 17.9 Å². The van der Waals surface area contributed by atoms with E-state index in [1.54, 1.807) is 0 Å². The molecule has 1 atom stereocenters. The van der Waals surface area contributed by atoms with Crippen molar-refractivity contribution in [1.82, 2.24) is 0 Å². The normalized spacial score (nSPS) is 16.4. The summed E-state index contributed by atoms with van der Waals surface area (Å²) in [6, 6.07) is 0.244. The summed E-state index contributed by atoms with van der Waals surface area (Å²) < 4.78 is 101. The van der Waals surface area contributed by atoms with Crippen LogP contribution in [0.4, 0.5) is 35.1 Å². The molecule has 1 unspecified atom stereocenters. The lowest BCUT2D eigenvalue weighted by Crippen LogP contribution is -2.41. The summed E-state index contributed by atoms with van der Waals surface area (Å²) in [5.41, 5.74) is -1.80. The number of rotatable bonds is 2. The molecule has 2 N–H and O–H groups in total. The smallest absolute Gasteiger partial charge is 0.317 e. The Kier molecular flexibility index (Phi) is 4.06. The van der Waals surface area contributed by atoms with Crippen LogP contribution in [0.5, 0.6) is 0 Å². The Morgan fingerprint density at radius 3 is 1.35 bits per heavy atom. The molecular weight excluding hydrogens is 298 g/mol. The fourth-order valence-corrected chi connectivity index (χ4v) is 1.39. The van der Waals surface area contributed by atoms with Crippen LogP contribution in [0.15, 0.2) is 18.2 Å². The molecule has 1 rings (SSSR count). The van der Waals surface area contributed by atoms with E-state index < -0.39 is 41.0 Å². The molecular formula is C11H9F8N. The summed E-state index contributed by atoms with van der Waals surface area (Å²) in [6.07, 6.45) is -13.5. The van der Waals surface area contributed by atoms with E-state index in [1.165, 1.54) is 0 Å². The van der Waals surface area contributed by atoms with E-state index in [0.29, 0.717) is 6.92 Å². The van der Waals surface area contributed by atoms with Crippen molar-refractivity contribution in [3.05, 3.63) is 34.9 Å². The standard InChI is InChI=1S/C11H9F8N/c1-9(20,8(12)13)5-2-6(10(14,15)16)4-7(3-5)11(17,18)19/h2-4,8H,20H2,1H3.